The lowest BCUT2D eigenvalue weighted by Gasteiger charge is -2.07. The monoisotopic (exact) mass is 214 g/mol. The maximum Gasteiger partial charge on any atom is 0.207 e. The van der Waals surface area contributed by atoms with Crippen LogP contribution in [0, 0.1) is 6.92 Å². The molecule has 0 spiro atoms. The van der Waals surface area contributed by atoms with Gasteiger partial charge in [0, 0.05) is 25.1 Å². The minimum absolute atomic E-state index is 0.738. The SMILES string of the molecule is C=CCn1ccnc1Nc1cncc(C)c1. The minimum atomic E-state index is 0.738. The molecule has 2 aromatic heterocycles. The Morgan fingerprint density at radius 2 is 2.38 bits per heavy atom. The smallest absolute Gasteiger partial charge is 0.207 e. The lowest BCUT2D eigenvalue weighted by Crippen LogP contribution is -2.02. The Hall–Kier alpha value is -2.10. The molecule has 0 amide bonds. The van der Waals surface area contributed by atoms with Crippen LogP contribution >= 0.6 is 0 Å². The third-order valence-electron chi connectivity index (χ3n) is 2.17. The molecule has 4 heteroatoms. The summed E-state index contributed by atoms with van der Waals surface area (Å²) in [5.74, 6) is 0.798. The van der Waals surface area contributed by atoms with Gasteiger partial charge in [0.1, 0.15) is 0 Å². The summed E-state index contributed by atoms with van der Waals surface area (Å²) in [6, 6.07) is 2.03. The molecule has 1 N–H and O–H groups in total. The van der Waals surface area contributed by atoms with Crippen molar-refractivity contribution in [3.05, 3.63) is 49.1 Å². The number of nitrogens with zero attached hydrogens (tertiary/aromatic N) is 3. The van der Waals surface area contributed by atoms with Crippen LogP contribution in [0.1, 0.15) is 5.56 Å². The first-order valence-electron chi connectivity index (χ1n) is 5.10. The van der Waals surface area contributed by atoms with Crippen LogP contribution in [-0.2, 0) is 6.54 Å². The second-order valence-corrected chi connectivity index (χ2v) is 3.57. The van der Waals surface area contributed by atoms with Crippen LogP contribution in [0.3, 0.4) is 0 Å². The van der Waals surface area contributed by atoms with Gasteiger partial charge in [0.15, 0.2) is 0 Å². The van der Waals surface area contributed by atoms with Crippen molar-refractivity contribution in [2.75, 3.05) is 5.32 Å². The maximum atomic E-state index is 4.24. The molecule has 0 atom stereocenters. The molecule has 0 saturated carbocycles. The van der Waals surface area contributed by atoms with Crippen molar-refractivity contribution in [2.24, 2.45) is 0 Å². The van der Waals surface area contributed by atoms with Gasteiger partial charge < -0.3 is 9.88 Å². The molecule has 0 radical (unpaired) electrons. The molecule has 0 bridgehead atoms. The highest BCUT2D eigenvalue weighted by Gasteiger charge is 2.01. The summed E-state index contributed by atoms with van der Waals surface area (Å²) in [5, 5.41) is 3.22. The highest BCUT2D eigenvalue weighted by molar-refractivity contribution is 5.52. The van der Waals surface area contributed by atoms with E-state index >= 15 is 0 Å². The summed E-state index contributed by atoms with van der Waals surface area (Å²) in [6.45, 7) is 6.46. The summed E-state index contributed by atoms with van der Waals surface area (Å²) in [6.07, 6.45) is 9.10. The molecular formula is C12H14N4. The molecule has 0 aromatic carbocycles. The number of anilines is 2. The van der Waals surface area contributed by atoms with E-state index in [-0.39, 0.29) is 0 Å². The Morgan fingerprint density at radius 3 is 3.12 bits per heavy atom. The lowest BCUT2D eigenvalue weighted by atomic mass is 10.3. The first kappa shape index (κ1) is 10.4. The van der Waals surface area contributed by atoms with Crippen LogP contribution in [0.2, 0.25) is 0 Å². The van der Waals surface area contributed by atoms with E-state index in [9.17, 15) is 0 Å². The lowest BCUT2D eigenvalue weighted by molar-refractivity contribution is 0.833. The third kappa shape index (κ3) is 2.28. The van der Waals surface area contributed by atoms with Gasteiger partial charge in [0.2, 0.25) is 5.95 Å². The Bertz CT molecular complexity index is 487. The number of aromatic nitrogens is 3. The first-order valence-corrected chi connectivity index (χ1v) is 5.10. The number of hydrogen-bond acceptors (Lipinski definition) is 3. The van der Waals surface area contributed by atoms with Crippen molar-refractivity contribution in [1.82, 2.24) is 14.5 Å². The van der Waals surface area contributed by atoms with E-state index in [0.717, 1.165) is 23.7 Å². The number of hydrogen-bond donors (Lipinski definition) is 1. The second kappa shape index (κ2) is 4.61. The van der Waals surface area contributed by atoms with Crippen LogP contribution in [0.15, 0.2) is 43.5 Å². The molecular weight excluding hydrogens is 200 g/mol. The van der Waals surface area contributed by atoms with E-state index < -0.39 is 0 Å². The van der Waals surface area contributed by atoms with Gasteiger partial charge in [0.05, 0.1) is 11.9 Å². The quantitative estimate of drug-likeness (QED) is 0.795. The molecule has 0 saturated heterocycles. The van der Waals surface area contributed by atoms with Gasteiger partial charge in [-0.1, -0.05) is 6.08 Å². The zero-order chi connectivity index (χ0) is 11.4. The molecule has 0 fully saturated rings. The van der Waals surface area contributed by atoms with E-state index in [2.05, 4.69) is 21.9 Å². The van der Waals surface area contributed by atoms with E-state index in [1.54, 1.807) is 12.4 Å². The number of imidazole rings is 1. The topological polar surface area (TPSA) is 42.7 Å². The Labute approximate surface area is 94.7 Å². The summed E-state index contributed by atoms with van der Waals surface area (Å²) >= 11 is 0. The van der Waals surface area contributed by atoms with Crippen molar-refractivity contribution >= 4 is 11.6 Å². The highest BCUT2D eigenvalue weighted by atomic mass is 15.2. The second-order valence-electron chi connectivity index (χ2n) is 3.57. The number of aryl methyl sites for hydroxylation is 1. The standard InChI is InChI=1S/C12H14N4/c1-3-5-16-6-4-14-12(16)15-11-7-10(2)8-13-9-11/h3-4,6-9H,1,5H2,2H3,(H,14,15). The summed E-state index contributed by atoms with van der Waals surface area (Å²) in [7, 11) is 0. The van der Waals surface area contributed by atoms with Crippen molar-refractivity contribution in [2.45, 2.75) is 13.5 Å². The molecule has 0 unspecified atom stereocenters. The van der Waals surface area contributed by atoms with Gasteiger partial charge in [0.25, 0.3) is 0 Å². The Kier molecular flexibility index (Phi) is 3.00. The van der Waals surface area contributed by atoms with Gasteiger partial charge in [-0.15, -0.1) is 6.58 Å². The van der Waals surface area contributed by atoms with Gasteiger partial charge in [-0.2, -0.15) is 0 Å². The fraction of sp³-hybridized carbons (Fsp3) is 0.167. The van der Waals surface area contributed by atoms with Crippen molar-refractivity contribution < 1.29 is 0 Å². The number of allylic oxidation sites excluding steroid dienone is 1. The number of rotatable bonds is 4. The molecule has 16 heavy (non-hydrogen) atoms. The fourth-order valence-corrected chi connectivity index (χ4v) is 1.47. The van der Waals surface area contributed by atoms with Crippen LogP contribution in [-0.4, -0.2) is 14.5 Å². The van der Waals surface area contributed by atoms with Crippen molar-refractivity contribution in [3.8, 4) is 0 Å². The molecule has 82 valence electrons. The van der Waals surface area contributed by atoms with Crippen LogP contribution < -0.4 is 5.32 Å². The van der Waals surface area contributed by atoms with Gasteiger partial charge in [-0.05, 0) is 18.6 Å². The van der Waals surface area contributed by atoms with Gasteiger partial charge in [-0.25, -0.2) is 4.98 Å². The summed E-state index contributed by atoms with van der Waals surface area (Å²) in [4.78, 5) is 8.36. The van der Waals surface area contributed by atoms with E-state index in [1.807, 2.05) is 36.0 Å². The third-order valence-corrected chi connectivity index (χ3v) is 2.17. The van der Waals surface area contributed by atoms with Crippen LogP contribution in [0.4, 0.5) is 11.6 Å². The zero-order valence-electron chi connectivity index (χ0n) is 9.22. The molecule has 0 aliphatic carbocycles. The van der Waals surface area contributed by atoms with E-state index in [0.29, 0.717) is 0 Å². The normalized spacial score (nSPS) is 10.1. The zero-order valence-corrected chi connectivity index (χ0v) is 9.22. The van der Waals surface area contributed by atoms with Crippen molar-refractivity contribution in [3.63, 3.8) is 0 Å². The summed E-state index contributed by atoms with van der Waals surface area (Å²) in [5.41, 5.74) is 2.06. The van der Waals surface area contributed by atoms with Gasteiger partial charge >= 0.3 is 0 Å². The van der Waals surface area contributed by atoms with E-state index in [1.165, 1.54) is 0 Å². The number of nitrogens with one attached hydrogen (secondary N) is 1. The largest absolute Gasteiger partial charge is 0.324 e. The molecule has 0 aliphatic rings. The molecule has 4 nitrogen and oxygen atoms in total. The molecule has 2 aromatic rings. The van der Waals surface area contributed by atoms with Crippen LogP contribution in [0.5, 0.6) is 0 Å². The minimum Gasteiger partial charge on any atom is -0.324 e. The molecule has 2 rings (SSSR count). The Balaban J connectivity index is 2.20. The fourth-order valence-electron chi connectivity index (χ4n) is 1.47. The van der Waals surface area contributed by atoms with Crippen molar-refractivity contribution in [1.29, 1.82) is 0 Å². The Morgan fingerprint density at radius 1 is 1.50 bits per heavy atom. The first-order chi connectivity index (χ1) is 7.79. The molecule has 0 aliphatic heterocycles. The number of pyridine rings is 1. The average molecular weight is 214 g/mol. The average Bonchev–Trinajstić information content (AvgIpc) is 2.66. The van der Waals surface area contributed by atoms with Gasteiger partial charge in [-0.3, -0.25) is 4.98 Å². The predicted octanol–water partition coefficient (Wildman–Crippen LogP) is 2.52. The highest BCUT2D eigenvalue weighted by Crippen LogP contribution is 2.14. The van der Waals surface area contributed by atoms with E-state index in [4.69, 9.17) is 0 Å². The predicted molar refractivity (Wildman–Crippen MR) is 64.7 cm³/mol. The maximum absolute atomic E-state index is 4.24. The van der Waals surface area contributed by atoms with Crippen LogP contribution in [0.25, 0.3) is 0 Å². The molecule has 2 heterocycles. The summed E-state index contributed by atoms with van der Waals surface area (Å²) < 4.78 is 1.98.